The van der Waals surface area contributed by atoms with Crippen LogP contribution in [0.4, 0.5) is 4.39 Å². The molecule has 0 unspecified atom stereocenters. The van der Waals surface area contributed by atoms with Crippen molar-refractivity contribution in [2.24, 2.45) is 0 Å². The van der Waals surface area contributed by atoms with Crippen molar-refractivity contribution in [3.05, 3.63) is 53.4 Å². The summed E-state index contributed by atoms with van der Waals surface area (Å²) in [5.74, 6) is -0.563. The minimum absolute atomic E-state index is 0.00369. The fourth-order valence-electron chi connectivity index (χ4n) is 2.36. The third-order valence-corrected chi connectivity index (χ3v) is 5.51. The molecule has 0 bridgehead atoms. The van der Waals surface area contributed by atoms with Gasteiger partial charge in [-0.1, -0.05) is 6.07 Å². The average molecular weight is 306 g/mol. The van der Waals surface area contributed by atoms with E-state index in [4.69, 9.17) is 0 Å². The van der Waals surface area contributed by atoms with Crippen molar-refractivity contribution in [1.29, 1.82) is 0 Å². The topological polar surface area (TPSA) is 63.2 Å². The van der Waals surface area contributed by atoms with Gasteiger partial charge in [-0.05, 0) is 31.0 Å². The summed E-state index contributed by atoms with van der Waals surface area (Å²) in [6, 6.07) is 3.78. The van der Waals surface area contributed by atoms with Crippen molar-refractivity contribution in [1.82, 2.24) is 14.3 Å². The molecule has 1 aromatic heterocycles. The number of benzene rings is 1. The van der Waals surface area contributed by atoms with Crippen LogP contribution >= 0.6 is 0 Å². The number of halogens is 1. The van der Waals surface area contributed by atoms with E-state index >= 15 is 0 Å². The molecule has 0 saturated carbocycles. The van der Waals surface area contributed by atoms with Crippen LogP contribution in [-0.2, 0) is 23.0 Å². The van der Waals surface area contributed by atoms with Crippen molar-refractivity contribution in [3.8, 4) is 0 Å². The highest BCUT2D eigenvalue weighted by Gasteiger charge is 2.30. The van der Waals surface area contributed by atoms with Crippen LogP contribution in [0.1, 0.15) is 16.8 Å². The van der Waals surface area contributed by atoms with Crippen LogP contribution in [-0.4, -0.2) is 29.2 Å². The average Bonchev–Trinajstić information content (AvgIpc) is 2.49. The van der Waals surface area contributed by atoms with E-state index in [1.54, 1.807) is 6.92 Å². The summed E-state index contributed by atoms with van der Waals surface area (Å²) in [6.07, 6.45) is 4.68. The van der Waals surface area contributed by atoms with Crippen molar-refractivity contribution in [3.63, 3.8) is 0 Å². The van der Waals surface area contributed by atoms with Gasteiger partial charge in [-0.3, -0.25) is 0 Å². The molecule has 0 fully saturated rings. The molecule has 7 heteroatoms. The predicted octanol–water partition coefficient (Wildman–Crippen LogP) is 1.47. The van der Waals surface area contributed by atoms with Crippen LogP contribution in [0.15, 0.2) is 29.4 Å². The molecule has 3 rings (SSSR count). The Balaban J connectivity index is 1.99. The summed E-state index contributed by atoms with van der Waals surface area (Å²) >= 11 is 0. The standard InChI is InChI=1S/C14H13FN3O2S/c1-10-2-3-12(15)6-14(10)21(19,20)18-5-4-11-7-16-9-17-13(11)8-18/h2-3,6,9H,4-5,8H2,1H3. The van der Waals surface area contributed by atoms with E-state index in [0.29, 0.717) is 24.2 Å². The number of hydrogen-bond acceptors (Lipinski definition) is 4. The van der Waals surface area contributed by atoms with E-state index in [1.807, 2.05) is 0 Å². The zero-order valence-corrected chi connectivity index (χ0v) is 12.2. The van der Waals surface area contributed by atoms with E-state index in [0.717, 1.165) is 11.6 Å². The highest BCUT2D eigenvalue weighted by Crippen LogP contribution is 2.25. The molecule has 109 valence electrons. The maximum absolute atomic E-state index is 13.4. The normalized spacial score (nSPS) is 15.7. The van der Waals surface area contributed by atoms with Crippen LogP contribution in [0.25, 0.3) is 0 Å². The van der Waals surface area contributed by atoms with Crippen molar-refractivity contribution < 1.29 is 12.8 Å². The number of aryl methyl sites for hydroxylation is 1. The van der Waals surface area contributed by atoms with E-state index in [-0.39, 0.29) is 11.4 Å². The Labute approximate surface area is 122 Å². The quantitative estimate of drug-likeness (QED) is 0.843. The maximum atomic E-state index is 13.4. The smallest absolute Gasteiger partial charge is 0.240 e. The lowest BCUT2D eigenvalue weighted by molar-refractivity contribution is 0.383. The van der Waals surface area contributed by atoms with E-state index in [2.05, 4.69) is 16.2 Å². The monoisotopic (exact) mass is 306 g/mol. The largest absolute Gasteiger partial charge is 0.243 e. The van der Waals surface area contributed by atoms with Gasteiger partial charge in [0.2, 0.25) is 10.0 Å². The molecule has 0 N–H and O–H groups in total. The van der Waals surface area contributed by atoms with Crippen molar-refractivity contribution >= 4 is 10.0 Å². The Morgan fingerprint density at radius 2 is 2.19 bits per heavy atom. The van der Waals surface area contributed by atoms with Crippen LogP contribution in [0.2, 0.25) is 0 Å². The highest BCUT2D eigenvalue weighted by molar-refractivity contribution is 7.89. The number of hydrogen-bond donors (Lipinski definition) is 0. The number of aromatic nitrogens is 2. The Morgan fingerprint density at radius 3 is 3.00 bits per heavy atom. The summed E-state index contributed by atoms with van der Waals surface area (Å²) < 4.78 is 40.0. The lowest BCUT2D eigenvalue weighted by atomic mass is 10.1. The fourth-order valence-corrected chi connectivity index (χ4v) is 4.00. The summed E-state index contributed by atoms with van der Waals surface area (Å²) in [6.45, 7) is 2.13. The molecule has 1 aromatic carbocycles. The van der Waals surface area contributed by atoms with Gasteiger partial charge in [-0.2, -0.15) is 4.31 Å². The Morgan fingerprint density at radius 1 is 1.38 bits per heavy atom. The lowest BCUT2D eigenvalue weighted by Crippen LogP contribution is -2.36. The van der Waals surface area contributed by atoms with Crippen LogP contribution in [0.3, 0.4) is 0 Å². The first kappa shape index (κ1) is 14.1. The molecule has 1 aliphatic heterocycles. The van der Waals surface area contributed by atoms with Gasteiger partial charge in [0.25, 0.3) is 0 Å². The Bertz CT molecular complexity index is 793. The second-order valence-corrected chi connectivity index (χ2v) is 6.82. The summed E-state index contributed by atoms with van der Waals surface area (Å²) in [5.41, 5.74) is 2.00. The highest BCUT2D eigenvalue weighted by atomic mass is 32.2. The molecule has 0 amide bonds. The third kappa shape index (κ3) is 2.54. The number of fused-ring (bicyclic) bond motifs is 1. The zero-order valence-electron chi connectivity index (χ0n) is 11.4. The minimum atomic E-state index is -3.74. The number of nitrogens with zero attached hydrogens (tertiary/aromatic N) is 3. The first-order valence-corrected chi connectivity index (χ1v) is 7.89. The van der Waals surface area contributed by atoms with Gasteiger partial charge in [0.1, 0.15) is 12.1 Å². The molecule has 0 saturated heterocycles. The lowest BCUT2D eigenvalue weighted by Gasteiger charge is -2.27. The van der Waals surface area contributed by atoms with E-state index in [1.165, 1.54) is 22.8 Å². The van der Waals surface area contributed by atoms with Gasteiger partial charge in [-0.15, -0.1) is 0 Å². The van der Waals surface area contributed by atoms with Crippen molar-refractivity contribution in [2.75, 3.05) is 6.54 Å². The van der Waals surface area contributed by atoms with E-state index in [9.17, 15) is 12.8 Å². The van der Waals surface area contributed by atoms with Crippen LogP contribution < -0.4 is 0 Å². The minimum Gasteiger partial charge on any atom is -0.240 e. The molecule has 2 aromatic rings. The Hall–Kier alpha value is -1.86. The first-order chi connectivity index (χ1) is 9.98. The summed E-state index contributed by atoms with van der Waals surface area (Å²) in [4.78, 5) is 7.91. The Kier molecular flexibility index (Phi) is 3.46. The zero-order chi connectivity index (χ0) is 15.0. The van der Waals surface area contributed by atoms with Gasteiger partial charge in [-0.25, -0.2) is 22.8 Å². The molecular formula is C14H13FN3O2S. The van der Waals surface area contributed by atoms with Gasteiger partial charge < -0.3 is 0 Å². The maximum Gasteiger partial charge on any atom is 0.243 e. The van der Waals surface area contributed by atoms with Crippen LogP contribution in [0.5, 0.6) is 0 Å². The molecule has 1 aliphatic rings. The van der Waals surface area contributed by atoms with Crippen molar-refractivity contribution in [2.45, 2.75) is 24.8 Å². The SMILES string of the molecule is Cc1ccc(F)cc1S(=O)(=O)N1CCc2[c]ncnc2C1. The van der Waals surface area contributed by atoms with E-state index < -0.39 is 15.8 Å². The molecule has 2 heterocycles. The molecule has 1 radical (unpaired) electrons. The summed E-state index contributed by atoms with van der Waals surface area (Å²) in [5, 5.41) is 0. The number of rotatable bonds is 2. The first-order valence-electron chi connectivity index (χ1n) is 6.45. The molecule has 0 aliphatic carbocycles. The molecule has 21 heavy (non-hydrogen) atoms. The van der Waals surface area contributed by atoms with Crippen LogP contribution in [0, 0.1) is 18.9 Å². The molecule has 0 atom stereocenters. The third-order valence-electron chi connectivity index (χ3n) is 3.52. The van der Waals surface area contributed by atoms with Gasteiger partial charge >= 0.3 is 0 Å². The second kappa shape index (κ2) is 5.16. The molecule has 0 spiro atoms. The fraction of sp³-hybridized carbons (Fsp3) is 0.286. The summed E-state index contributed by atoms with van der Waals surface area (Å²) in [7, 11) is -3.74. The van der Waals surface area contributed by atoms with Gasteiger partial charge in [0.15, 0.2) is 0 Å². The predicted molar refractivity (Wildman–Crippen MR) is 73.3 cm³/mol. The second-order valence-electron chi connectivity index (χ2n) is 4.91. The molecule has 5 nitrogen and oxygen atoms in total. The number of sulfonamides is 1. The molecular weight excluding hydrogens is 293 g/mol. The van der Waals surface area contributed by atoms with Gasteiger partial charge in [0.05, 0.1) is 23.3 Å². The van der Waals surface area contributed by atoms with Gasteiger partial charge in [0, 0.05) is 12.1 Å².